The number of nitriles is 1. The second kappa shape index (κ2) is 6.21. The number of carbonyl (C=O) groups excluding carboxylic acids is 3. The molecule has 0 bridgehead atoms. The summed E-state index contributed by atoms with van der Waals surface area (Å²) >= 11 is 0. The van der Waals surface area contributed by atoms with Gasteiger partial charge in [-0.2, -0.15) is 5.26 Å². The Labute approximate surface area is 147 Å². The van der Waals surface area contributed by atoms with Gasteiger partial charge >= 0.3 is 5.70 Å². The highest BCUT2D eigenvalue weighted by Gasteiger charge is 2.75. The molecule has 3 N–H and O–H groups in total. The number of aliphatic hydroxyl groups excluding tert-OH is 1. The van der Waals surface area contributed by atoms with Crippen molar-refractivity contribution in [2.75, 3.05) is 0 Å². The van der Waals surface area contributed by atoms with Crippen molar-refractivity contribution >= 4 is 23.7 Å². The summed E-state index contributed by atoms with van der Waals surface area (Å²) in [4.78, 5) is 39.6. The Hall–Kier alpha value is -2.74. The molecule has 0 radical (unpaired) electrons. The van der Waals surface area contributed by atoms with Crippen molar-refractivity contribution in [2.45, 2.75) is 50.4 Å². The maximum absolute atomic E-state index is 12.2. The monoisotopic (exact) mass is 365 g/mol. The molecule has 0 aliphatic carbocycles. The van der Waals surface area contributed by atoms with Crippen LogP contribution in [0.2, 0.25) is 0 Å². The topological polar surface area (TPSA) is 184 Å². The number of allylic oxidation sites excluding steroid dienone is 1. The number of Topliss-reactive ketones (excluding diaryl/α,β-unsaturated/α-hetero) is 3. The average molecular weight is 365 g/mol. The zero-order valence-electron chi connectivity index (χ0n) is 14.0. The number of carbonyl (C=O) groups is 3. The van der Waals surface area contributed by atoms with E-state index in [-0.39, 0.29) is 0 Å². The van der Waals surface area contributed by atoms with E-state index in [0.717, 1.165) is 20.8 Å². The number of rotatable bonds is 5. The normalized spacial score (nSPS) is 34.4. The Bertz CT molecular complexity index is 784. The molecule has 1 unspecified atom stereocenters. The molecule has 0 spiro atoms. The van der Waals surface area contributed by atoms with Crippen LogP contribution in [-0.2, 0) is 19.1 Å². The third-order valence-electron chi connectivity index (χ3n) is 4.43. The van der Waals surface area contributed by atoms with Crippen molar-refractivity contribution in [1.29, 1.82) is 5.26 Å². The van der Waals surface area contributed by atoms with Crippen molar-refractivity contribution in [3.63, 3.8) is 0 Å². The maximum Gasteiger partial charge on any atom is 0.315 e. The summed E-state index contributed by atoms with van der Waals surface area (Å²) in [7, 11) is 0. The lowest BCUT2D eigenvalue weighted by Gasteiger charge is -2.38. The molecule has 2 rings (SSSR count). The Kier molecular flexibility index (Phi) is 4.68. The highest BCUT2D eigenvalue weighted by Crippen LogP contribution is 2.45. The van der Waals surface area contributed by atoms with Gasteiger partial charge in [-0.25, -0.2) is 0 Å². The third-order valence-corrected chi connectivity index (χ3v) is 4.43. The van der Waals surface area contributed by atoms with E-state index >= 15 is 0 Å². The summed E-state index contributed by atoms with van der Waals surface area (Å²) in [5.74, 6) is -4.40. The zero-order chi connectivity index (χ0) is 20.0. The van der Waals surface area contributed by atoms with Crippen LogP contribution in [0, 0.1) is 11.3 Å². The van der Waals surface area contributed by atoms with Crippen LogP contribution in [0.25, 0.3) is 0 Å². The van der Waals surface area contributed by atoms with Gasteiger partial charge in [0.2, 0.25) is 17.9 Å². The van der Waals surface area contributed by atoms with E-state index in [1.807, 2.05) is 6.34 Å². The molecule has 138 valence electrons. The van der Waals surface area contributed by atoms with Gasteiger partial charge in [-0.1, -0.05) is 0 Å². The number of hydrogen-bond acceptors (Lipinski definition) is 11. The minimum atomic E-state index is -3.05. The smallest absolute Gasteiger partial charge is 0.315 e. The van der Waals surface area contributed by atoms with Gasteiger partial charge < -0.3 is 25.2 Å². The minimum Gasteiger partial charge on any atom is -0.788 e. The Morgan fingerprint density at radius 1 is 1.31 bits per heavy atom. The number of ether oxygens (including phenoxy) is 1. The molecule has 2 aliphatic rings. The summed E-state index contributed by atoms with van der Waals surface area (Å²) in [6.07, 6.45) is -4.16. The lowest BCUT2D eigenvalue weighted by molar-refractivity contribution is -0.337. The average Bonchev–Trinajstić information content (AvgIpc) is 3.04. The first-order valence-electron chi connectivity index (χ1n) is 7.32. The van der Waals surface area contributed by atoms with Crippen LogP contribution in [0.1, 0.15) is 20.8 Å². The van der Waals surface area contributed by atoms with Crippen LogP contribution >= 0.6 is 0 Å². The SMILES string of the molecule is CC(=O)C(O)[C@H]1O[C@@H](N2[C+]=NC(C#N)=C2[O-])[C@@](O)(C(C)=O)[C@@]1(O)C(C)=O. The number of nitrogens with zero attached hydrogens (tertiary/aromatic N) is 3. The Morgan fingerprint density at radius 3 is 2.23 bits per heavy atom. The van der Waals surface area contributed by atoms with E-state index in [1.165, 1.54) is 6.07 Å². The van der Waals surface area contributed by atoms with Gasteiger partial charge in [0.1, 0.15) is 12.2 Å². The van der Waals surface area contributed by atoms with E-state index in [4.69, 9.17) is 10.00 Å². The minimum absolute atomic E-state index is 0.417. The van der Waals surface area contributed by atoms with Crippen molar-refractivity contribution in [3.8, 4) is 6.07 Å². The molecule has 0 amide bonds. The molecular weight excluding hydrogens is 350 g/mol. The van der Waals surface area contributed by atoms with Gasteiger partial charge in [-0.05, 0) is 25.8 Å². The molecule has 5 atom stereocenters. The highest BCUT2D eigenvalue weighted by atomic mass is 16.6. The number of aliphatic imine (C=N–C) groups is 1. The van der Waals surface area contributed by atoms with Crippen LogP contribution in [0.3, 0.4) is 0 Å². The van der Waals surface area contributed by atoms with Gasteiger partial charge in [0.05, 0.1) is 0 Å². The van der Waals surface area contributed by atoms with Gasteiger partial charge in [-0.3, -0.25) is 14.4 Å². The quantitative estimate of drug-likeness (QED) is 0.414. The summed E-state index contributed by atoms with van der Waals surface area (Å²) in [5.41, 5.74) is -6.74. The van der Waals surface area contributed by atoms with Gasteiger partial charge in [0.15, 0.2) is 28.8 Å². The molecule has 11 nitrogen and oxygen atoms in total. The van der Waals surface area contributed by atoms with E-state index in [1.54, 1.807) is 0 Å². The first-order valence-corrected chi connectivity index (χ1v) is 7.32. The Morgan fingerprint density at radius 2 is 1.85 bits per heavy atom. The van der Waals surface area contributed by atoms with Crippen molar-refractivity contribution in [1.82, 2.24) is 4.90 Å². The summed E-state index contributed by atoms with van der Waals surface area (Å²) < 4.78 is 5.23. The van der Waals surface area contributed by atoms with Crippen LogP contribution in [0.15, 0.2) is 16.6 Å². The van der Waals surface area contributed by atoms with Crippen molar-refractivity contribution in [2.24, 2.45) is 4.99 Å². The third kappa shape index (κ3) is 2.33. The maximum atomic E-state index is 12.2. The van der Waals surface area contributed by atoms with Gasteiger partial charge in [0.25, 0.3) is 6.34 Å². The van der Waals surface area contributed by atoms with Crippen LogP contribution in [0.4, 0.5) is 0 Å². The predicted octanol–water partition coefficient (Wildman–Crippen LogP) is -3.42. The zero-order valence-corrected chi connectivity index (χ0v) is 14.0. The van der Waals surface area contributed by atoms with Crippen molar-refractivity contribution < 1.29 is 39.5 Å². The van der Waals surface area contributed by atoms with E-state index < -0.39 is 58.6 Å². The van der Waals surface area contributed by atoms with E-state index in [0.29, 0.717) is 4.90 Å². The molecule has 2 aliphatic heterocycles. The molecule has 1 saturated heterocycles. The van der Waals surface area contributed by atoms with Crippen LogP contribution in [-0.4, -0.2) is 73.5 Å². The molecule has 0 aromatic heterocycles. The summed E-state index contributed by atoms with van der Waals surface area (Å²) in [6.45, 7) is 2.57. The molecule has 0 aromatic rings. The lowest BCUT2D eigenvalue weighted by Crippen LogP contribution is -2.70. The Balaban J connectivity index is 2.68. The lowest BCUT2D eigenvalue weighted by atomic mass is 9.73. The fraction of sp³-hybridized carbons (Fsp3) is 0.533. The summed E-state index contributed by atoms with van der Waals surface area (Å²) in [5, 5.41) is 52.8. The number of ketones is 3. The fourth-order valence-electron chi connectivity index (χ4n) is 2.96. The van der Waals surface area contributed by atoms with E-state index in [2.05, 4.69) is 4.99 Å². The first-order chi connectivity index (χ1) is 11.9. The second-order valence-corrected chi connectivity index (χ2v) is 5.96. The summed E-state index contributed by atoms with van der Waals surface area (Å²) in [6, 6.07) is 1.46. The molecular formula is C15H15N3O8. The largest absolute Gasteiger partial charge is 0.788 e. The van der Waals surface area contributed by atoms with Gasteiger partial charge in [-0.15, -0.1) is 4.90 Å². The van der Waals surface area contributed by atoms with Crippen LogP contribution < -0.4 is 5.11 Å². The number of aliphatic hydroxyl groups is 3. The number of hydrogen-bond donors (Lipinski definition) is 3. The predicted molar refractivity (Wildman–Crippen MR) is 78.5 cm³/mol. The first kappa shape index (κ1) is 19.6. The van der Waals surface area contributed by atoms with Gasteiger partial charge in [0, 0.05) is 0 Å². The molecule has 0 aromatic carbocycles. The van der Waals surface area contributed by atoms with Crippen molar-refractivity contribution in [3.05, 3.63) is 11.6 Å². The standard InChI is InChI=1S/C15H15N3O8/c1-6(19)10(22)11-14(24,7(2)20)15(25,8(3)21)13(26-11)18-5-17-9(4-16)12(18)23/h10-11,13,22,24-25H,1-3H3/t10?,11-,13-,14-,15+/m1/s1. The van der Waals surface area contributed by atoms with E-state index in [9.17, 15) is 34.8 Å². The molecule has 1 fully saturated rings. The molecule has 26 heavy (non-hydrogen) atoms. The van der Waals surface area contributed by atoms with Crippen LogP contribution in [0.5, 0.6) is 0 Å². The molecule has 0 saturated carbocycles. The second-order valence-electron chi connectivity index (χ2n) is 5.96. The fourth-order valence-corrected chi connectivity index (χ4v) is 2.96. The molecule has 2 heterocycles. The highest BCUT2D eigenvalue weighted by molar-refractivity contribution is 6.00. The molecule has 11 heteroatoms.